The Labute approximate surface area is 107 Å². The van der Waals surface area contributed by atoms with Gasteiger partial charge in [-0.2, -0.15) is 0 Å². The van der Waals surface area contributed by atoms with Crippen LogP contribution in [0.15, 0.2) is 47.2 Å². The van der Waals surface area contributed by atoms with E-state index in [2.05, 4.69) is 20.9 Å². The van der Waals surface area contributed by atoms with Gasteiger partial charge in [0.2, 0.25) is 0 Å². The third-order valence-corrected chi connectivity index (χ3v) is 2.94. The molecule has 1 aromatic heterocycles. The number of rotatable bonds is 3. The van der Waals surface area contributed by atoms with Gasteiger partial charge in [0.05, 0.1) is 4.47 Å². The molecular formula is C13H9BrFNO. The third-order valence-electron chi connectivity index (χ3n) is 2.33. The fourth-order valence-corrected chi connectivity index (χ4v) is 1.84. The molecule has 0 N–H and O–H groups in total. The van der Waals surface area contributed by atoms with Crippen molar-refractivity contribution < 1.29 is 9.18 Å². The summed E-state index contributed by atoms with van der Waals surface area (Å²) in [5, 5.41) is 0. The van der Waals surface area contributed by atoms with Crippen LogP contribution in [0.3, 0.4) is 0 Å². The Hall–Kier alpha value is -1.55. The van der Waals surface area contributed by atoms with Crippen LogP contribution in [0, 0.1) is 5.82 Å². The topological polar surface area (TPSA) is 30.0 Å². The highest BCUT2D eigenvalue weighted by molar-refractivity contribution is 9.10. The molecule has 1 heterocycles. The Morgan fingerprint density at radius 3 is 2.82 bits per heavy atom. The van der Waals surface area contributed by atoms with Gasteiger partial charge in [-0.3, -0.25) is 9.78 Å². The number of aromatic nitrogens is 1. The molecule has 0 saturated carbocycles. The van der Waals surface area contributed by atoms with Crippen molar-refractivity contribution in [3.63, 3.8) is 0 Å². The zero-order valence-corrected chi connectivity index (χ0v) is 10.4. The van der Waals surface area contributed by atoms with E-state index in [1.807, 2.05) is 6.07 Å². The van der Waals surface area contributed by atoms with E-state index in [0.717, 1.165) is 5.56 Å². The lowest BCUT2D eigenvalue weighted by molar-refractivity contribution is 0.0993. The van der Waals surface area contributed by atoms with Crippen molar-refractivity contribution in [2.45, 2.75) is 6.42 Å². The number of hydrogen-bond acceptors (Lipinski definition) is 2. The maximum absolute atomic E-state index is 13.0. The Balaban J connectivity index is 2.18. The number of carbonyl (C=O) groups excluding carboxylic acids is 1. The number of benzene rings is 1. The van der Waals surface area contributed by atoms with Crippen molar-refractivity contribution in [1.29, 1.82) is 0 Å². The van der Waals surface area contributed by atoms with Crippen LogP contribution in [0.2, 0.25) is 0 Å². The first kappa shape index (κ1) is 11.9. The van der Waals surface area contributed by atoms with E-state index in [9.17, 15) is 9.18 Å². The molecule has 0 radical (unpaired) electrons. The van der Waals surface area contributed by atoms with E-state index in [1.165, 1.54) is 18.2 Å². The maximum atomic E-state index is 13.0. The predicted molar refractivity (Wildman–Crippen MR) is 66.4 cm³/mol. The number of pyridine rings is 1. The van der Waals surface area contributed by atoms with Gasteiger partial charge in [-0.25, -0.2) is 4.39 Å². The maximum Gasteiger partial charge on any atom is 0.167 e. The lowest BCUT2D eigenvalue weighted by Crippen LogP contribution is -2.04. The SMILES string of the molecule is O=C(Cc1cccnc1)c1ccc(F)c(Br)c1. The van der Waals surface area contributed by atoms with Gasteiger partial charge >= 0.3 is 0 Å². The normalized spacial score (nSPS) is 10.2. The first-order valence-electron chi connectivity index (χ1n) is 5.04. The van der Waals surface area contributed by atoms with Crippen molar-refractivity contribution >= 4 is 21.7 Å². The van der Waals surface area contributed by atoms with Gasteiger partial charge in [-0.1, -0.05) is 6.07 Å². The minimum absolute atomic E-state index is 0.0568. The Morgan fingerprint density at radius 2 is 2.18 bits per heavy atom. The average molecular weight is 294 g/mol. The zero-order chi connectivity index (χ0) is 12.3. The highest BCUT2D eigenvalue weighted by atomic mass is 79.9. The molecule has 17 heavy (non-hydrogen) atoms. The van der Waals surface area contributed by atoms with E-state index >= 15 is 0 Å². The van der Waals surface area contributed by atoms with Gasteiger partial charge in [0.25, 0.3) is 0 Å². The molecule has 0 unspecified atom stereocenters. The molecule has 1 aromatic carbocycles. The van der Waals surface area contributed by atoms with E-state index in [1.54, 1.807) is 18.5 Å². The minimum atomic E-state index is -0.372. The van der Waals surface area contributed by atoms with E-state index in [4.69, 9.17) is 0 Å². The van der Waals surface area contributed by atoms with Crippen molar-refractivity contribution in [3.05, 3.63) is 64.1 Å². The lowest BCUT2D eigenvalue weighted by Gasteiger charge is -2.02. The fourth-order valence-electron chi connectivity index (χ4n) is 1.46. The average Bonchev–Trinajstić information content (AvgIpc) is 2.34. The largest absolute Gasteiger partial charge is 0.294 e. The molecule has 0 aliphatic heterocycles. The highest BCUT2D eigenvalue weighted by Gasteiger charge is 2.09. The number of ketones is 1. The second-order valence-electron chi connectivity index (χ2n) is 3.59. The Kier molecular flexibility index (Phi) is 3.64. The predicted octanol–water partition coefficient (Wildman–Crippen LogP) is 3.41. The summed E-state index contributed by atoms with van der Waals surface area (Å²) in [6, 6.07) is 7.88. The molecule has 0 bridgehead atoms. The number of hydrogen-bond donors (Lipinski definition) is 0. The molecule has 2 aromatic rings. The number of Topliss-reactive ketones (excluding diaryl/α,β-unsaturated/α-hetero) is 1. The number of carbonyl (C=O) groups is 1. The van der Waals surface area contributed by atoms with Crippen LogP contribution >= 0.6 is 15.9 Å². The molecule has 2 nitrogen and oxygen atoms in total. The highest BCUT2D eigenvalue weighted by Crippen LogP contribution is 2.18. The van der Waals surface area contributed by atoms with Crippen LogP contribution in [0.5, 0.6) is 0 Å². The minimum Gasteiger partial charge on any atom is -0.294 e. The van der Waals surface area contributed by atoms with Crippen LogP contribution < -0.4 is 0 Å². The van der Waals surface area contributed by atoms with Crippen LogP contribution in [0.4, 0.5) is 4.39 Å². The third kappa shape index (κ3) is 2.97. The lowest BCUT2D eigenvalue weighted by atomic mass is 10.0. The molecule has 0 aliphatic carbocycles. The summed E-state index contributed by atoms with van der Waals surface area (Å²) in [5.74, 6) is -0.429. The van der Waals surface area contributed by atoms with Gasteiger partial charge < -0.3 is 0 Å². The molecule has 4 heteroatoms. The summed E-state index contributed by atoms with van der Waals surface area (Å²) < 4.78 is 13.3. The van der Waals surface area contributed by atoms with Gasteiger partial charge in [0.1, 0.15) is 5.82 Å². The summed E-state index contributed by atoms with van der Waals surface area (Å²) in [7, 11) is 0. The number of nitrogens with zero attached hydrogens (tertiary/aromatic N) is 1. The second kappa shape index (κ2) is 5.19. The standard InChI is InChI=1S/C13H9BrFNO/c14-11-7-10(3-4-12(11)15)13(17)6-9-2-1-5-16-8-9/h1-5,7-8H,6H2. The summed E-state index contributed by atoms with van der Waals surface area (Å²) in [6.45, 7) is 0. The van der Waals surface area contributed by atoms with Gasteiger partial charge in [-0.15, -0.1) is 0 Å². The summed E-state index contributed by atoms with van der Waals surface area (Å²) in [4.78, 5) is 15.8. The van der Waals surface area contributed by atoms with Crippen molar-refractivity contribution in [1.82, 2.24) is 4.98 Å². The Bertz CT molecular complexity index is 542. The quantitative estimate of drug-likeness (QED) is 0.812. The first-order valence-corrected chi connectivity index (χ1v) is 5.83. The van der Waals surface area contributed by atoms with Gasteiger partial charge in [0.15, 0.2) is 5.78 Å². The van der Waals surface area contributed by atoms with E-state index in [0.29, 0.717) is 10.0 Å². The smallest absolute Gasteiger partial charge is 0.167 e. The van der Waals surface area contributed by atoms with Crippen LogP contribution in [0.1, 0.15) is 15.9 Å². The van der Waals surface area contributed by atoms with E-state index in [-0.39, 0.29) is 18.0 Å². The van der Waals surface area contributed by atoms with Crippen LogP contribution in [-0.4, -0.2) is 10.8 Å². The number of halogens is 2. The molecule has 0 atom stereocenters. The molecule has 0 amide bonds. The molecule has 86 valence electrons. The van der Waals surface area contributed by atoms with Crippen LogP contribution in [0.25, 0.3) is 0 Å². The zero-order valence-electron chi connectivity index (χ0n) is 8.86. The Morgan fingerprint density at radius 1 is 1.35 bits per heavy atom. The van der Waals surface area contributed by atoms with Crippen molar-refractivity contribution in [2.24, 2.45) is 0 Å². The summed E-state index contributed by atoms with van der Waals surface area (Å²) >= 11 is 3.06. The van der Waals surface area contributed by atoms with Crippen molar-refractivity contribution in [3.8, 4) is 0 Å². The van der Waals surface area contributed by atoms with Crippen molar-refractivity contribution in [2.75, 3.05) is 0 Å². The van der Waals surface area contributed by atoms with Gasteiger partial charge in [-0.05, 0) is 45.8 Å². The van der Waals surface area contributed by atoms with Gasteiger partial charge in [0, 0.05) is 24.4 Å². The molecular weight excluding hydrogens is 285 g/mol. The summed E-state index contributed by atoms with van der Waals surface area (Å²) in [6.07, 6.45) is 3.57. The molecule has 0 fully saturated rings. The molecule has 0 aliphatic rings. The molecule has 2 rings (SSSR count). The second-order valence-corrected chi connectivity index (χ2v) is 4.44. The first-order chi connectivity index (χ1) is 8.16. The monoisotopic (exact) mass is 293 g/mol. The molecule has 0 saturated heterocycles. The van der Waals surface area contributed by atoms with E-state index < -0.39 is 0 Å². The van der Waals surface area contributed by atoms with Crippen LogP contribution in [-0.2, 0) is 6.42 Å². The fraction of sp³-hybridized carbons (Fsp3) is 0.0769. The molecule has 0 spiro atoms. The summed E-state index contributed by atoms with van der Waals surface area (Å²) in [5.41, 5.74) is 1.33.